The third kappa shape index (κ3) is 2.77. The lowest BCUT2D eigenvalue weighted by molar-refractivity contribution is -0.151. The molecule has 1 amide bonds. The van der Waals surface area contributed by atoms with Crippen LogP contribution in [0.5, 0.6) is 0 Å². The van der Waals surface area contributed by atoms with Gasteiger partial charge in [-0.15, -0.1) is 0 Å². The average molecular weight is 243 g/mol. The largest absolute Gasteiger partial charge is 0.480 e. The molecule has 0 spiro atoms. The van der Waals surface area contributed by atoms with Gasteiger partial charge >= 0.3 is 5.97 Å². The lowest BCUT2D eigenvalue weighted by atomic mass is 9.92. The van der Waals surface area contributed by atoms with E-state index in [4.69, 9.17) is 5.11 Å². The number of carboxylic acids is 1. The van der Waals surface area contributed by atoms with E-state index in [1.54, 1.807) is 0 Å². The topological polar surface area (TPSA) is 66.4 Å². The first kappa shape index (κ1) is 13.1. The highest BCUT2D eigenvalue weighted by Crippen LogP contribution is 2.21. The van der Waals surface area contributed by atoms with Gasteiger partial charge in [-0.1, -0.05) is 0 Å². The molecular formula is C11H11F2NO3. The number of carbonyl (C=O) groups is 2. The van der Waals surface area contributed by atoms with Crippen LogP contribution in [0.2, 0.25) is 0 Å². The number of amides is 1. The van der Waals surface area contributed by atoms with Crippen LogP contribution in [0.15, 0.2) is 18.2 Å². The summed E-state index contributed by atoms with van der Waals surface area (Å²) in [6, 6.07) is 2.59. The number of carbonyl (C=O) groups excluding carboxylic acids is 1. The molecule has 1 aromatic carbocycles. The molecule has 0 fully saturated rings. The molecule has 0 saturated carbocycles. The maximum Gasteiger partial charge on any atom is 0.318 e. The summed E-state index contributed by atoms with van der Waals surface area (Å²) in [5.74, 6) is -3.95. The van der Waals surface area contributed by atoms with Crippen LogP contribution in [0.25, 0.3) is 0 Å². The van der Waals surface area contributed by atoms with Gasteiger partial charge in [0.2, 0.25) is 5.91 Å². The minimum absolute atomic E-state index is 0.259. The number of hydrogen-bond acceptors (Lipinski definition) is 2. The molecule has 0 radical (unpaired) electrons. The first-order valence-electron chi connectivity index (χ1n) is 4.75. The molecule has 17 heavy (non-hydrogen) atoms. The summed E-state index contributed by atoms with van der Waals surface area (Å²) in [5.41, 5.74) is -1.95. The van der Waals surface area contributed by atoms with Crippen molar-refractivity contribution in [1.82, 2.24) is 0 Å². The molecule has 0 unspecified atom stereocenters. The van der Waals surface area contributed by atoms with E-state index < -0.39 is 28.9 Å². The second-order valence-corrected chi connectivity index (χ2v) is 4.01. The van der Waals surface area contributed by atoms with Gasteiger partial charge in [0.1, 0.15) is 17.0 Å². The molecular weight excluding hydrogens is 232 g/mol. The van der Waals surface area contributed by atoms with Gasteiger partial charge in [0.05, 0.1) is 5.69 Å². The second-order valence-electron chi connectivity index (χ2n) is 4.01. The Balaban J connectivity index is 2.92. The van der Waals surface area contributed by atoms with Crippen molar-refractivity contribution in [3.8, 4) is 0 Å². The zero-order chi connectivity index (χ0) is 13.2. The monoisotopic (exact) mass is 243 g/mol. The Kier molecular flexibility index (Phi) is 3.45. The molecule has 0 aliphatic rings. The van der Waals surface area contributed by atoms with Crippen molar-refractivity contribution >= 4 is 17.6 Å². The highest BCUT2D eigenvalue weighted by atomic mass is 19.1. The SMILES string of the molecule is CC(C)(C(=O)O)C(=O)Nc1ccc(F)cc1F. The fourth-order valence-electron chi connectivity index (χ4n) is 0.967. The fourth-order valence-corrected chi connectivity index (χ4v) is 0.967. The zero-order valence-corrected chi connectivity index (χ0v) is 9.25. The Morgan fingerprint density at radius 1 is 1.29 bits per heavy atom. The number of nitrogens with one attached hydrogen (secondary N) is 1. The van der Waals surface area contributed by atoms with Crippen molar-refractivity contribution in [2.75, 3.05) is 5.32 Å². The quantitative estimate of drug-likeness (QED) is 0.798. The van der Waals surface area contributed by atoms with Gasteiger partial charge in [-0.25, -0.2) is 8.78 Å². The highest BCUT2D eigenvalue weighted by molar-refractivity contribution is 6.07. The van der Waals surface area contributed by atoms with Gasteiger partial charge in [-0.2, -0.15) is 0 Å². The minimum atomic E-state index is -1.69. The molecule has 6 heteroatoms. The summed E-state index contributed by atoms with van der Waals surface area (Å²) in [6.07, 6.45) is 0. The summed E-state index contributed by atoms with van der Waals surface area (Å²) < 4.78 is 25.8. The molecule has 1 rings (SSSR count). The molecule has 0 aliphatic carbocycles. The van der Waals surface area contributed by atoms with E-state index in [1.807, 2.05) is 0 Å². The van der Waals surface area contributed by atoms with Crippen LogP contribution in [-0.4, -0.2) is 17.0 Å². The van der Waals surface area contributed by atoms with E-state index in [2.05, 4.69) is 5.32 Å². The van der Waals surface area contributed by atoms with Gasteiger partial charge in [0.15, 0.2) is 0 Å². The van der Waals surface area contributed by atoms with Crippen LogP contribution in [0, 0.1) is 17.0 Å². The number of aliphatic carboxylic acids is 1. The van der Waals surface area contributed by atoms with Gasteiger partial charge in [-0.05, 0) is 26.0 Å². The Bertz CT molecular complexity index is 472. The summed E-state index contributed by atoms with van der Waals surface area (Å²) >= 11 is 0. The van der Waals surface area contributed by atoms with Crippen LogP contribution >= 0.6 is 0 Å². The maximum absolute atomic E-state index is 13.2. The predicted molar refractivity (Wildman–Crippen MR) is 56.4 cm³/mol. The number of halogens is 2. The number of rotatable bonds is 3. The van der Waals surface area contributed by atoms with Gasteiger partial charge in [0.25, 0.3) is 0 Å². The lowest BCUT2D eigenvalue weighted by Crippen LogP contribution is -2.38. The Morgan fingerprint density at radius 3 is 2.35 bits per heavy atom. The van der Waals surface area contributed by atoms with Crippen LogP contribution in [0.1, 0.15) is 13.8 Å². The molecule has 0 saturated heterocycles. The lowest BCUT2D eigenvalue weighted by Gasteiger charge is -2.18. The average Bonchev–Trinajstić information content (AvgIpc) is 2.21. The molecule has 0 atom stereocenters. The van der Waals surface area contributed by atoms with Crippen molar-refractivity contribution in [3.63, 3.8) is 0 Å². The first-order chi connectivity index (χ1) is 7.75. The predicted octanol–water partition coefficient (Wildman–Crippen LogP) is 2.01. The number of anilines is 1. The van der Waals surface area contributed by atoms with Crippen molar-refractivity contribution in [2.24, 2.45) is 5.41 Å². The highest BCUT2D eigenvalue weighted by Gasteiger charge is 2.36. The Morgan fingerprint density at radius 2 is 1.88 bits per heavy atom. The van der Waals surface area contributed by atoms with Gasteiger partial charge in [-0.3, -0.25) is 9.59 Å². The Hall–Kier alpha value is -1.98. The number of benzene rings is 1. The third-order valence-electron chi connectivity index (χ3n) is 2.28. The first-order valence-corrected chi connectivity index (χ1v) is 4.75. The van der Waals surface area contributed by atoms with Crippen molar-refractivity contribution in [2.45, 2.75) is 13.8 Å². The molecule has 0 aromatic heterocycles. The standard InChI is InChI=1S/C11H11F2NO3/c1-11(2,10(16)17)9(15)14-8-4-3-6(12)5-7(8)13/h3-5H,1-2H3,(H,14,15)(H,16,17). The number of carboxylic acid groups (broad SMARTS) is 1. The van der Waals surface area contributed by atoms with E-state index in [-0.39, 0.29) is 5.69 Å². The molecule has 4 nitrogen and oxygen atoms in total. The van der Waals surface area contributed by atoms with E-state index in [0.717, 1.165) is 12.1 Å². The van der Waals surface area contributed by atoms with Crippen molar-refractivity contribution < 1.29 is 23.5 Å². The van der Waals surface area contributed by atoms with Crippen LogP contribution in [0.4, 0.5) is 14.5 Å². The van der Waals surface area contributed by atoms with E-state index >= 15 is 0 Å². The van der Waals surface area contributed by atoms with E-state index in [1.165, 1.54) is 13.8 Å². The minimum Gasteiger partial charge on any atom is -0.480 e. The van der Waals surface area contributed by atoms with Crippen LogP contribution < -0.4 is 5.32 Å². The molecule has 0 heterocycles. The Labute approximate surface area is 96.3 Å². The summed E-state index contributed by atoms with van der Waals surface area (Å²) in [7, 11) is 0. The van der Waals surface area contributed by atoms with Crippen molar-refractivity contribution in [3.05, 3.63) is 29.8 Å². The van der Waals surface area contributed by atoms with Gasteiger partial charge in [0, 0.05) is 6.07 Å². The van der Waals surface area contributed by atoms with E-state index in [0.29, 0.717) is 6.07 Å². The summed E-state index contributed by atoms with van der Waals surface area (Å²) in [4.78, 5) is 22.3. The second kappa shape index (κ2) is 4.48. The smallest absolute Gasteiger partial charge is 0.318 e. The molecule has 0 aliphatic heterocycles. The normalized spacial score (nSPS) is 11.1. The third-order valence-corrected chi connectivity index (χ3v) is 2.28. The molecule has 2 N–H and O–H groups in total. The van der Waals surface area contributed by atoms with E-state index in [9.17, 15) is 18.4 Å². The summed E-state index contributed by atoms with van der Waals surface area (Å²) in [5, 5.41) is 10.9. The maximum atomic E-state index is 13.2. The zero-order valence-electron chi connectivity index (χ0n) is 9.25. The van der Waals surface area contributed by atoms with Crippen LogP contribution in [0.3, 0.4) is 0 Å². The van der Waals surface area contributed by atoms with Crippen molar-refractivity contribution in [1.29, 1.82) is 0 Å². The molecule has 1 aromatic rings. The van der Waals surface area contributed by atoms with Crippen LogP contribution in [-0.2, 0) is 9.59 Å². The summed E-state index contributed by atoms with van der Waals surface area (Å²) in [6.45, 7) is 2.37. The fraction of sp³-hybridized carbons (Fsp3) is 0.273. The molecule has 92 valence electrons. The number of hydrogen-bond donors (Lipinski definition) is 2. The molecule has 0 bridgehead atoms. The van der Waals surface area contributed by atoms with Gasteiger partial charge < -0.3 is 10.4 Å².